The fourth-order valence-corrected chi connectivity index (χ4v) is 7.97. The summed E-state index contributed by atoms with van der Waals surface area (Å²) >= 11 is 0. The van der Waals surface area contributed by atoms with Crippen molar-refractivity contribution in [3.8, 4) is 11.1 Å². The van der Waals surface area contributed by atoms with Crippen LogP contribution in [0.3, 0.4) is 0 Å². The predicted molar refractivity (Wildman–Crippen MR) is 173 cm³/mol. The minimum Gasteiger partial charge on any atom is -0.381 e. The third kappa shape index (κ3) is 5.50. The Morgan fingerprint density at radius 1 is 0.978 bits per heavy atom. The normalized spacial score (nSPS) is 24.2. The average Bonchev–Trinajstić information content (AvgIpc) is 3.20. The summed E-state index contributed by atoms with van der Waals surface area (Å²) in [5.74, 6) is -0.872. The molecule has 0 radical (unpaired) electrons. The Labute approximate surface area is 267 Å². The number of amides is 2. The number of pyridine rings is 1. The number of nitrogens with zero attached hydrogens (tertiary/aromatic N) is 5. The molecule has 1 atom stereocenters. The van der Waals surface area contributed by atoms with Gasteiger partial charge in [-0.3, -0.25) is 14.6 Å². The minimum absolute atomic E-state index is 0.00623. The number of halogens is 2. The van der Waals surface area contributed by atoms with Gasteiger partial charge in [-0.05, 0) is 43.9 Å². The molecule has 1 spiro atoms. The number of fused-ring (bicyclic) bond motifs is 6. The topological polar surface area (TPSA) is 121 Å². The van der Waals surface area contributed by atoms with Crippen molar-refractivity contribution in [2.24, 2.45) is 0 Å². The molecule has 3 saturated heterocycles. The first kappa shape index (κ1) is 30.6. The highest BCUT2D eigenvalue weighted by Gasteiger charge is 2.47. The second-order valence-corrected chi connectivity index (χ2v) is 13.2. The zero-order valence-corrected chi connectivity index (χ0v) is 26.1. The largest absolute Gasteiger partial charge is 0.381 e. The number of anilines is 3. The number of hydrogen-bond donors (Lipinski definition) is 3. The SMILES string of the molecule is Nc1nn2c(c1C(=O)Nc1cnccc1-c1ccc(C(=O)N3CCN4CCC3CC4)cc1F)NCC(F)C21CCCCCCCC1. The first-order valence-electron chi connectivity index (χ1n) is 16.7. The van der Waals surface area contributed by atoms with Crippen LogP contribution in [0.2, 0.25) is 0 Å². The Hall–Kier alpha value is -4.06. The molecule has 1 aromatic carbocycles. The number of nitrogens with two attached hydrogens (primary N) is 1. The summed E-state index contributed by atoms with van der Waals surface area (Å²) < 4.78 is 33.1. The molecule has 2 aromatic heterocycles. The highest BCUT2D eigenvalue weighted by atomic mass is 19.1. The minimum atomic E-state index is -1.16. The van der Waals surface area contributed by atoms with Gasteiger partial charge in [0.2, 0.25) is 0 Å². The number of piperidine rings is 1. The molecule has 1 aliphatic carbocycles. The van der Waals surface area contributed by atoms with E-state index in [0.717, 1.165) is 71.0 Å². The van der Waals surface area contributed by atoms with Crippen LogP contribution in [0.4, 0.5) is 26.1 Å². The van der Waals surface area contributed by atoms with Crippen molar-refractivity contribution in [2.75, 3.05) is 49.1 Å². The van der Waals surface area contributed by atoms with Crippen molar-refractivity contribution in [3.63, 3.8) is 0 Å². The first-order valence-corrected chi connectivity index (χ1v) is 16.7. The number of alkyl halides is 1. The van der Waals surface area contributed by atoms with Gasteiger partial charge in [-0.2, -0.15) is 5.10 Å². The summed E-state index contributed by atoms with van der Waals surface area (Å²) in [5, 5.41) is 10.5. The maximum Gasteiger partial charge on any atom is 0.263 e. The van der Waals surface area contributed by atoms with Gasteiger partial charge in [0.15, 0.2) is 5.82 Å². The lowest BCUT2D eigenvalue weighted by Crippen LogP contribution is -2.51. The summed E-state index contributed by atoms with van der Waals surface area (Å²) in [5.41, 5.74) is 6.84. The van der Waals surface area contributed by atoms with E-state index in [1.54, 1.807) is 22.9 Å². The van der Waals surface area contributed by atoms with Crippen LogP contribution in [-0.4, -0.2) is 81.3 Å². The Kier molecular flexibility index (Phi) is 8.39. The predicted octanol–water partition coefficient (Wildman–Crippen LogP) is 5.43. The van der Waals surface area contributed by atoms with Gasteiger partial charge >= 0.3 is 0 Å². The van der Waals surface area contributed by atoms with Crippen LogP contribution in [-0.2, 0) is 5.54 Å². The molecule has 5 aliphatic rings. The number of aromatic nitrogens is 3. The van der Waals surface area contributed by atoms with Crippen LogP contribution in [0.5, 0.6) is 0 Å². The molecule has 244 valence electrons. The van der Waals surface area contributed by atoms with Crippen LogP contribution in [0.15, 0.2) is 36.7 Å². The van der Waals surface area contributed by atoms with E-state index in [1.807, 2.05) is 4.90 Å². The molecule has 1 saturated carbocycles. The molecular formula is C34H42F2N8O2. The Bertz CT molecular complexity index is 1610. The van der Waals surface area contributed by atoms with E-state index in [2.05, 4.69) is 25.6 Å². The van der Waals surface area contributed by atoms with E-state index >= 15 is 8.78 Å². The summed E-state index contributed by atoms with van der Waals surface area (Å²) in [4.78, 5) is 35.7. The van der Waals surface area contributed by atoms with Crippen molar-refractivity contribution >= 4 is 29.1 Å². The van der Waals surface area contributed by atoms with Crippen LogP contribution in [0, 0.1) is 5.82 Å². The van der Waals surface area contributed by atoms with E-state index in [4.69, 9.17) is 5.73 Å². The Morgan fingerprint density at radius 2 is 1.72 bits per heavy atom. The van der Waals surface area contributed by atoms with Crippen molar-refractivity contribution in [2.45, 2.75) is 82.0 Å². The van der Waals surface area contributed by atoms with Gasteiger partial charge in [0, 0.05) is 61.7 Å². The summed E-state index contributed by atoms with van der Waals surface area (Å²) in [7, 11) is 0. The molecule has 12 heteroatoms. The number of carbonyl (C=O) groups excluding carboxylic acids is 2. The van der Waals surface area contributed by atoms with Gasteiger partial charge < -0.3 is 26.2 Å². The van der Waals surface area contributed by atoms with Crippen LogP contribution >= 0.6 is 0 Å². The highest BCUT2D eigenvalue weighted by molar-refractivity contribution is 6.12. The highest BCUT2D eigenvalue weighted by Crippen LogP contribution is 2.44. The van der Waals surface area contributed by atoms with E-state index in [1.165, 1.54) is 18.5 Å². The van der Waals surface area contributed by atoms with Crippen molar-refractivity contribution in [1.29, 1.82) is 0 Å². The zero-order valence-electron chi connectivity index (χ0n) is 26.1. The Balaban J connectivity index is 1.15. The molecule has 4 aliphatic heterocycles. The molecule has 2 bridgehead atoms. The van der Waals surface area contributed by atoms with Crippen molar-refractivity contribution in [1.82, 2.24) is 24.6 Å². The Morgan fingerprint density at radius 3 is 2.46 bits per heavy atom. The number of nitrogen functional groups attached to an aromatic ring is 1. The van der Waals surface area contributed by atoms with Gasteiger partial charge in [0.25, 0.3) is 11.8 Å². The van der Waals surface area contributed by atoms with Crippen LogP contribution in [0.1, 0.15) is 84.9 Å². The molecule has 3 aromatic rings. The second-order valence-electron chi connectivity index (χ2n) is 13.2. The molecule has 1 unspecified atom stereocenters. The van der Waals surface area contributed by atoms with Gasteiger partial charge in [-0.1, -0.05) is 44.6 Å². The molecule has 46 heavy (non-hydrogen) atoms. The number of hydrogen-bond acceptors (Lipinski definition) is 7. The maximum atomic E-state index is 15.7. The standard InChI is InChI=1S/C34H42F2N8O2/c35-26-19-22(33(46)43-18-17-42-15-10-23(43)11-16-42)7-8-24(26)25-9-14-38-20-27(25)40-32(45)29-30(37)41-44-31(29)39-21-28(36)34(44)12-5-3-1-2-4-6-13-34/h7-9,14,19-20,23,28,39H,1-6,10-13,15-18,21H2,(H2,37,41)(H,40,45). The van der Waals surface area contributed by atoms with E-state index in [9.17, 15) is 9.59 Å². The number of rotatable bonds is 4. The third-order valence-electron chi connectivity index (χ3n) is 10.6. The van der Waals surface area contributed by atoms with E-state index < -0.39 is 23.4 Å². The lowest BCUT2D eigenvalue weighted by Gasteiger charge is -2.42. The molecule has 2 amide bonds. The monoisotopic (exact) mass is 632 g/mol. The van der Waals surface area contributed by atoms with Gasteiger partial charge in [-0.15, -0.1) is 0 Å². The number of carbonyl (C=O) groups is 2. The third-order valence-corrected chi connectivity index (χ3v) is 10.6. The fraction of sp³-hybridized carbons (Fsp3) is 0.529. The van der Waals surface area contributed by atoms with Crippen LogP contribution < -0.4 is 16.4 Å². The second kappa shape index (κ2) is 12.6. The van der Waals surface area contributed by atoms with E-state index in [-0.39, 0.29) is 41.1 Å². The fourth-order valence-electron chi connectivity index (χ4n) is 7.97. The molecule has 8 rings (SSSR count). The van der Waals surface area contributed by atoms with E-state index in [0.29, 0.717) is 36.3 Å². The number of nitrogens with one attached hydrogen (secondary N) is 2. The molecule has 4 fully saturated rings. The quantitative estimate of drug-likeness (QED) is 0.351. The molecule has 10 nitrogen and oxygen atoms in total. The van der Waals surface area contributed by atoms with Gasteiger partial charge in [-0.25, -0.2) is 13.5 Å². The average molecular weight is 633 g/mol. The van der Waals surface area contributed by atoms with Gasteiger partial charge in [0.1, 0.15) is 23.4 Å². The molecular weight excluding hydrogens is 590 g/mol. The molecule has 6 heterocycles. The summed E-state index contributed by atoms with van der Waals surface area (Å²) in [6, 6.07) is 6.29. The molecule has 4 N–H and O–H groups in total. The lowest BCUT2D eigenvalue weighted by atomic mass is 9.82. The van der Waals surface area contributed by atoms with Crippen molar-refractivity contribution in [3.05, 3.63) is 53.6 Å². The lowest BCUT2D eigenvalue weighted by molar-refractivity contribution is 0.0684. The maximum absolute atomic E-state index is 15.7. The summed E-state index contributed by atoms with van der Waals surface area (Å²) in [6.45, 7) is 3.51. The first-order chi connectivity index (χ1) is 22.4. The van der Waals surface area contributed by atoms with Crippen LogP contribution in [0.25, 0.3) is 11.1 Å². The smallest absolute Gasteiger partial charge is 0.263 e. The number of benzene rings is 1. The van der Waals surface area contributed by atoms with Gasteiger partial charge in [0.05, 0.1) is 17.4 Å². The summed E-state index contributed by atoms with van der Waals surface area (Å²) in [6.07, 6.45) is 11.0. The zero-order chi connectivity index (χ0) is 31.8. The van der Waals surface area contributed by atoms with Crippen molar-refractivity contribution < 1.29 is 18.4 Å².